The van der Waals surface area contributed by atoms with Crippen LogP contribution in [0.15, 0.2) is 23.0 Å². The van der Waals surface area contributed by atoms with Crippen molar-refractivity contribution in [2.45, 2.75) is 72.0 Å². The van der Waals surface area contributed by atoms with Crippen LogP contribution >= 0.6 is 0 Å². The lowest BCUT2D eigenvalue weighted by Gasteiger charge is -2.38. The summed E-state index contributed by atoms with van der Waals surface area (Å²) in [5.74, 6) is 2.46. The van der Waals surface area contributed by atoms with Crippen LogP contribution in [0.2, 0.25) is 0 Å². The predicted octanol–water partition coefficient (Wildman–Crippen LogP) is 3.31. The number of aryl methyl sites for hydroxylation is 2. The first kappa shape index (κ1) is 23.6. The van der Waals surface area contributed by atoms with Crippen LogP contribution in [0.3, 0.4) is 0 Å². The van der Waals surface area contributed by atoms with Crippen LogP contribution in [0, 0.1) is 33.1 Å². The normalized spacial score (nSPS) is 18.1. The molecule has 0 radical (unpaired) electrons. The first-order valence-electron chi connectivity index (χ1n) is 11.4. The van der Waals surface area contributed by atoms with Gasteiger partial charge in [0.25, 0.3) is 11.5 Å². The highest BCUT2D eigenvalue weighted by Crippen LogP contribution is 2.31. The summed E-state index contributed by atoms with van der Waals surface area (Å²) in [5.41, 5.74) is 11.3. The van der Waals surface area contributed by atoms with Crippen LogP contribution in [0.5, 0.6) is 0 Å². The van der Waals surface area contributed by atoms with Crippen LogP contribution in [-0.2, 0) is 6.54 Å². The lowest BCUT2D eigenvalue weighted by Crippen LogP contribution is -2.41. The van der Waals surface area contributed by atoms with E-state index in [-0.39, 0.29) is 24.1 Å². The first-order chi connectivity index (χ1) is 15.2. The molecule has 0 unspecified atom stereocenters. The van der Waals surface area contributed by atoms with Gasteiger partial charge < -0.3 is 20.9 Å². The molecular formula is C26H34N4O2. The second kappa shape index (κ2) is 10.1. The number of hydrogen-bond acceptors (Lipinski definition) is 4. The van der Waals surface area contributed by atoms with Crippen LogP contribution in [0.1, 0.15) is 70.9 Å². The van der Waals surface area contributed by atoms with Gasteiger partial charge in [-0.2, -0.15) is 0 Å². The minimum Gasteiger partial charge on any atom is -0.369 e. The van der Waals surface area contributed by atoms with Gasteiger partial charge in [0.15, 0.2) is 0 Å². The summed E-state index contributed by atoms with van der Waals surface area (Å²) < 4.78 is 0. The number of rotatable bonds is 6. The lowest BCUT2D eigenvalue weighted by atomic mass is 9.89. The van der Waals surface area contributed by atoms with Crippen molar-refractivity contribution in [3.63, 3.8) is 0 Å². The maximum Gasteiger partial charge on any atom is 0.253 e. The topological polar surface area (TPSA) is 91.2 Å². The average molecular weight is 435 g/mol. The number of anilines is 1. The monoisotopic (exact) mass is 434 g/mol. The van der Waals surface area contributed by atoms with E-state index in [0.29, 0.717) is 22.7 Å². The highest BCUT2D eigenvalue weighted by molar-refractivity contribution is 5.97. The van der Waals surface area contributed by atoms with E-state index in [1.165, 1.54) is 0 Å². The molecule has 0 aliphatic heterocycles. The maximum absolute atomic E-state index is 13.2. The molecule has 32 heavy (non-hydrogen) atoms. The van der Waals surface area contributed by atoms with Gasteiger partial charge in [-0.3, -0.25) is 9.59 Å². The maximum atomic E-state index is 13.2. The largest absolute Gasteiger partial charge is 0.369 e. The fourth-order valence-electron chi connectivity index (χ4n) is 4.72. The number of carbonyl (C=O) groups is 1. The Labute approximate surface area is 190 Å². The van der Waals surface area contributed by atoms with Gasteiger partial charge in [-0.1, -0.05) is 5.92 Å². The zero-order chi connectivity index (χ0) is 23.4. The summed E-state index contributed by atoms with van der Waals surface area (Å²) in [6.07, 6.45) is 9.81. The number of carbonyl (C=O) groups excluding carboxylic acids is 1. The molecule has 1 aliphatic rings. The van der Waals surface area contributed by atoms with Gasteiger partial charge in [-0.05, 0) is 82.7 Å². The number of aromatic amines is 1. The fraction of sp³-hybridized carbons (Fsp3) is 0.462. The molecule has 170 valence electrons. The molecule has 0 spiro atoms. The van der Waals surface area contributed by atoms with Crippen LogP contribution in [-0.4, -0.2) is 29.5 Å². The minimum atomic E-state index is -0.234. The number of nitrogens with zero attached hydrogens (tertiary/aromatic N) is 1. The Bertz CT molecular complexity index is 1090. The number of pyridine rings is 1. The predicted molar refractivity (Wildman–Crippen MR) is 130 cm³/mol. The van der Waals surface area contributed by atoms with Gasteiger partial charge in [0.1, 0.15) is 0 Å². The number of amides is 1. The smallest absolute Gasteiger partial charge is 0.253 e. The van der Waals surface area contributed by atoms with E-state index in [9.17, 15) is 9.59 Å². The molecule has 1 aromatic carbocycles. The van der Waals surface area contributed by atoms with Crippen molar-refractivity contribution in [2.75, 3.05) is 11.4 Å². The van der Waals surface area contributed by atoms with Crippen LogP contribution < -0.4 is 21.5 Å². The van der Waals surface area contributed by atoms with Crippen molar-refractivity contribution < 1.29 is 4.79 Å². The minimum absolute atomic E-state index is 0.160. The molecule has 0 bridgehead atoms. The van der Waals surface area contributed by atoms with Gasteiger partial charge in [-0.25, -0.2) is 0 Å². The summed E-state index contributed by atoms with van der Waals surface area (Å²) >= 11 is 0. The molecule has 4 N–H and O–H groups in total. The third-order valence-corrected chi connectivity index (χ3v) is 6.54. The number of terminal acetylenes is 1. The molecule has 1 amide bonds. The van der Waals surface area contributed by atoms with Crippen molar-refractivity contribution in [2.24, 2.45) is 5.73 Å². The molecule has 0 saturated heterocycles. The third kappa shape index (κ3) is 5.05. The van der Waals surface area contributed by atoms with Crippen molar-refractivity contribution in [3.8, 4) is 12.3 Å². The molecule has 1 fully saturated rings. The SMILES string of the molecule is C#Cc1cc(C(=O)NCc2c(C)cc(C)[nH]c2=O)c(C)c(N(CC)C2CCC(N)CC2)c1. The van der Waals surface area contributed by atoms with Gasteiger partial charge >= 0.3 is 0 Å². The van der Waals surface area contributed by atoms with Gasteiger partial charge in [0.2, 0.25) is 0 Å². The zero-order valence-electron chi connectivity index (χ0n) is 19.5. The Morgan fingerprint density at radius 3 is 2.50 bits per heavy atom. The van der Waals surface area contributed by atoms with E-state index in [2.05, 4.69) is 28.0 Å². The molecule has 2 aromatic rings. The molecular weight excluding hydrogens is 400 g/mol. The number of nitrogens with one attached hydrogen (secondary N) is 2. The second-order valence-electron chi connectivity index (χ2n) is 8.79. The Kier molecular flexibility index (Phi) is 7.42. The summed E-state index contributed by atoms with van der Waals surface area (Å²) in [4.78, 5) is 30.6. The molecule has 1 saturated carbocycles. The Balaban J connectivity index is 1.89. The Morgan fingerprint density at radius 1 is 1.22 bits per heavy atom. The summed E-state index contributed by atoms with van der Waals surface area (Å²) in [6.45, 7) is 8.79. The Morgan fingerprint density at radius 2 is 1.91 bits per heavy atom. The van der Waals surface area contributed by atoms with Crippen molar-refractivity contribution in [1.29, 1.82) is 0 Å². The summed E-state index contributed by atoms with van der Waals surface area (Å²) in [5, 5.41) is 2.92. The van der Waals surface area contributed by atoms with Gasteiger partial charge in [0.05, 0.1) is 0 Å². The average Bonchev–Trinajstić information content (AvgIpc) is 2.75. The highest BCUT2D eigenvalue weighted by atomic mass is 16.1. The van der Waals surface area contributed by atoms with Gasteiger partial charge in [0, 0.05) is 53.2 Å². The van der Waals surface area contributed by atoms with E-state index in [0.717, 1.165) is 54.7 Å². The van der Waals surface area contributed by atoms with E-state index in [1.54, 1.807) is 6.07 Å². The molecule has 1 aromatic heterocycles. The van der Waals surface area contributed by atoms with Crippen molar-refractivity contribution >= 4 is 11.6 Å². The second-order valence-corrected chi connectivity index (χ2v) is 8.79. The van der Waals surface area contributed by atoms with E-state index in [1.807, 2.05) is 32.9 Å². The number of benzene rings is 1. The lowest BCUT2D eigenvalue weighted by molar-refractivity contribution is 0.0950. The highest BCUT2D eigenvalue weighted by Gasteiger charge is 2.26. The zero-order valence-corrected chi connectivity index (χ0v) is 19.5. The molecule has 6 heteroatoms. The number of aromatic nitrogens is 1. The number of hydrogen-bond donors (Lipinski definition) is 3. The first-order valence-corrected chi connectivity index (χ1v) is 11.4. The third-order valence-electron chi connectivity index (χ3n) is 6.54. The molecule has 6 nitrogen and oxygen atoms in total. The van der Waals surface area contributed by atoms with Crippen LogP contribution in [0.25, 0.3) is 0 Å². The number of nitrogens with two attached hydrogens (primary N) is 1. The standard InChI is InChI=1S/C26H34N4O2/c1-6-19-13-22(25(31)28-15-23-16(3)12-17(4)29-26(23)32)18(5)24(14-19)30(7-2)21-10-8-20(27)9-11-21/h1,12-14,20-21H,7-11,15,27H2,2-5H3,(H,28,31)(H,29,32). The van der Waals surface area contributed by atoms with E-state index < -0.39 is 0 Å². The molecule has 1 heterocycles. The van der Waals surface area contributed by atoms with Crippen molar-refractivity contribution in [3.05, 3.63) is 62.1 Å². The summed E-state index contributed by atoms with van der Waals surface area (Å²) in [7, 11) is 0. The molecule has 3 rings (SSSR count). The van der Waals surface area contributed by atoms with E-state index >= 15 is 0 Å². The van der Waals surface area contributed by atoms with E-state index in [4.69, 9.17) is 12.2 Å². The summed E-state index contributed by atoms with van der Waals surface area (Å²) in [6, 6.07) is 6.32. The quantitative estimate of drug-likeness (QED) is 0.609. The van der Waals surface area contributed by atoms with Crippen LogP contribution in [0.4, 0.5) is 5.69 Å². The molecule has 0 atom stereocenters. The van der Waals surface area contributed by atoms with Gasteiger partial charge in [-0.15, -0.1) is 6.42 Å². The fourth-order valence-corrected chi connectivity index (χ4v) is 4.72. The number of H-pyrrole nitrogens is 1. The Hall–Kier alpha value is -3.04. The van der Waals surface area contributed by atoms with Crippen molar-refractivity contribution in [1.82, 2.24) is 10.3 Å². The molecule has 1 aliphatic carbocycles.